The molecule has 2 aromatic rings. The molecular formula is C18H25N7O2. The average molecular weight is 371 g/mol. The summed E-state index contributed by atoms with van der Waals surface area (Å²) in [5.74, 6) is 1.67. The first-order chi connectivity index (χ1) is 13.0. The number of carbonyl (C=O) groups is 1. The Morgan fingerprint density at radius 1 is 1.22 bits per heavy atom. The SMILES string of the molecule is Cc1cccc(NC(=O)NCc2nc(N(C)C)nc(N3CCOCC3)n2)c1. The topological polar surface area (TPSA) is 95.5 Å². The van der Waals surface area contributed by atoms with Crippen molar-refractivity contribution in [2.24, 2.45) is 0 Å². The maximum Gasteiger partial charge on any atom is 0.319 e. The van der Waals surface area contributed by atoms with E-state index in [1.54, 1.807) is 0 Å². The van der Waals surface area contributed by atoms with Gasteiger partial charge in [0.1, 0.15) is 0 Å². The van der Waals surface area contributed by atoms with E-state index in [0.29, 0.717) is 30.9 Å². The molecule has 27 heavy (non-hydrogen) atoms. The van der Waals surface area contributed by atoms with Crippen molar-refractivity contribution in [2.45, 2.75) is 13.5 Å². The van der Waals surface area contributed by atoms with Crippen molar-refractivity contribution in [1.82, 2.24) is 20.3 Å². The van der Waals surface area contributed by atoms with Crippen molar-refractivity contribution in [1.29, 1.82) is 0 Å². The van der Waals surface area contributed by atoms with E-state index < -0.39 is 0 Å². The Hall–Kier alpha value is -2.94. The van der Waals surface area contributed by atoms with Crippen molar-refractivity contribution in [3.05, 3.63) is 35.7 Å². The van der Waals surface area contributed by atoms with Gasteiger partial charge in [-0.05, 0) is 24.6 Å². The summed E-state index contributed by atoms with van der Waals surface area (Å²) < 4.78 is 5.38. The van der Waals surface area contributed by atoms with Gasteiger partial charge in [0.05, 0.1) is 19.8 Å². The number of anilines is 3. The number of hydrogen-bond acceptors (Lipinski definition) is 7. The van der Waals surface area contributed by atoms with Crippen LogP contribution in [0.25, 0.3) is 0 Å². The predicted molar refractivity (Wildman–Crippen MR) is 104 cm³/mol. The number of amides is 2. The minimum Gasteiger partial charge on any atom is -0.378 e. The number of rotatable bonds is 5. The van der Waals surface area contributed by atoms with Gasteiger partial charge in [-0.3, -0.25) is 0 Å². The summed E-state index contributed by atoms with van der Waals surface area (Å²) >= 11 is 0. The van der Waals surface area contributed by atoms with E-state index in [1.165, 1.54) is 0 Å². The molecule has 0 unspecified atom stereocenters. The molecule has 1 saturated heterocycles. The van der Waals surface area contributed by atoms with E-state index in [4.69, 9.17) is 4.74 Å². The highest BCUT2D eigenvalue weighted by atomic mass is 16.5. The average Bonchev–Trinajstić information content (AvgIpc) is 2.67. The molecule has 9 nitrogen and oxygen atoms in total. The van der Waals surface area contributed by atoms with Crippen molar-refractivity contribution in [2.75, 3.05) is 55.5 Å². The fourth-order valence-electron chi connectivity index (χ4n) is 2.64. The van der Waals surface area contributed by atoms with Crippen LogP contribution in [0.5, 0.6) is 0 Å². The van der Waals surface area contributed by atoms with E-state index in [1.807, 2.05) is 50.2 Å². The second-order valence-corrected chi connectivity index (χ2v) is 6.52. The summed E-state index contributed by atoms with van der Waals surface area (Å²) in [4.78, 5) is 29.5. The Morgan fingerprint density at radius 3 is 2.70 bits per heavy atom. The van der Waals surface area contributed by atoms with Crippen molar-refractivity contribution >= 4 is 23.6 Å². The van der Waals surface area contributed by atoms with Crippen LogP contribution in [-0.4, -0.2) is 61.4 Å². The number of urea groups is 1. The molecule has 1 aliphatic heterocycles. The monoisotopic (exact) mass is 371 g/mol. The third-order valence-electron chi connectivity index (χ3n) is 4.04. The molecular weight excluding hydrogens is 346 g/mol. The van der Waals surface area contributed by atoms with E-state index in [9.17, 15) is 4.79 Å². The third kappa shape index (κ3) is 5.27. The normalized spacial score (nSPS) is 14.0. The molecule has 0 bridgehead atoms. The lowest BCUT2D eigenvalue weighted by atomic mass is 10.2. The van der Waals surface area contributed by atoms with Crippen LogP contribution in [-0.2, 0) is 11.3 Å². The Labute approximate surface area is 158 Å². The van der Waals surface area contributed by atoms with Crippen LogP contribution in [0.4, 0.5) is 22.4 Å². The molecule has 2 N–H and O–H groups in total. The summed E-state index contributed by atoms with van der Waals surface area (Å²) in [6.07, 6.45) is 0. The Kier molecular flexibility index (Phi) is 6.02. The summed E-state index contributed by atoms with van der Waals surface area (Å²) in [6, 6.07) is 7.32. The highest BCUT2D eigenvalue weighted by Gasteiger charge is 2.17. The molecule has 0 radical (unpaired) electrons. The minimum atomic E-state index is -0.305. The molecule has 1 aliphatic rings. The van der Waals surface area contributed by atoms with Gasteiger partial charge in [0.2, 0.25) is 11.9 Å². The number of carbonyl (C=O) groups excluding carboxylic acids is 1. The first-order valence-corrected chi connectivity index (χ1v) is 8.88. The van der Waals surface area contributed by atoms with Gasteiger partial charge < -0.3 is 25.2 Å². The van der Waals surface area contributed by atoms with Gasteiger partial charge in [0.15, 0.2) is 5.82 Å². The zero-order chi connectivity index (χ0) is 19.2. The van der Waals surface area contributed by atoms with Gasteiger partial charge in [-0.1, -0.05) is 12.1 Å². The maximum absolute atomic E-state index is 12.2. The minimum absolute atomic E-state index is 0.207. The standard InChI is InChI=1S/C18H25N7O2/c1-13-5-4-6-14(11-13)20-18(26)19-12-15-21-16(24(2)3)23-17(22-15)25-7-9-27-10-8-25/h4-6,11H,7-10,12H2,1-3H3,(H2,19,20,26). The second kappa shape index (κ2) is 8.63. The van der Waals surface area contributed by atoms with Crippen molar-refractivity contribution in [3.8, 4) is 0 Å². The number of benzene rings is 1. The van der Waals surface area contributed by atoms with E-state index >= 15 is 0 Å². The number of morpholine rings is 1. The summed E-state index contributed by atoms with van der Waals surface area (Å²) in [5.41, 5.74) is 1.82. The second-order valence-electron chi connectivity index (χ2n) is 6.52. The highest BCUT2D eigenvalue weighted by molar-refractivity contribution is 5.89. The fourth-order valence-corrected chi connectivity index (χ4v) is 2.64. The molecule has 1 fully saturated rings. The summed E-state index contributed by atoms with van der Waals surface area (Å²) in [5, 5.41) is 5.61. The van der Waals surface area contributed by atoms with Crippen molar-refractivity contribution < 1.29 is 9.53 Å². The molecule has 0 spiro atoms. The summed E-state index contributed by atoms with van der Waals surface area (Å²) in [7, 11) is 3.75. The Morgan fingerprint density at radius 2 is 2.00 bits per heavy atom. The molecule has 9 heteroatoms. The zero-order valence-electron chi connectivity index (χ0n) is 15.9. The molecule has 2 heterocycles. The summed E-state index contributed by atoms with van der Waals surface area (Å²) in [6.45, 7) is 4.95. The van der Waals surface area contributed by atoms with Gasteiger partial charge in [-0.15, -0.1) is 0 Å². The van der Waals surface area contributed by atoms with Gasteiger partial charge >= 0.3 is 6.03 Å². The lowest BCUT2D eigenvalue weighted by molar-refractivity contribution is 0.122. The van der Waals surface area contributed by atoms with E-state index in [2.05, 4.69) is 30.5 Å². The number of nitrogens with one attached hydrogen (secondary N) is 2. The zero-order valence-corrected chi connectivity index (χ0v) is 15.9. The number of hydrogen-bond donors (Lipinski definition) is 2. The number of ether oxygens (including phenoxy) is 1. The van der Waals surface area contributed by atoms with Crippen LogP contribution in [0.1, 0.15) is 11.4 Å². The fraction of sp³-hybridized carbons (Fsp3) is 0.444. The van der Waals surface area contributed by atoms with E-state index in [-0.39, 0.29) is 12.6 Å². The first-order valence-electron chi connectivity index (χ1n) is 8.88. The van der Waals surface area contributed by atoms with Crippen LogP contribution < -0.4 is 20.4 Å². The third-order valence-corrected chi connectivity index (χ3v) is 4.04. The molecule has 0 saturated carbocycles. The lowest BCUT2D eigenvalue weighted by Gasteiger charge is -2.27. The van der Waals surface area contributed by atoms with Crippen LogP contribution in [0.3, 0.4) is 0 Å². The molecule has 2 amide bonds. The molecule has 3 rings (SSSR count). The predicted octanol–water partition coefficient (Wildman–Crippen LogP) is 1.40. The smallest absolute Gasteiger partial charge is 0.319 e. The quantitative estimate of drug-likeness (QED) is 0.820. The van der Waals surface area contributed by atoms with Gasteiger partial charge in [-0.25, -0.2) is 4.79 Å². The molecule has 0 atom stereocenters. The Balaban J connectivity index is 1.67. The van der Waals surface area contributed by atoms with Gasteiger partial charge in [-0.2, -0.15) is 15.0 Å². The van der Waals surface area contributed by atoms with Crippen LogP contribution in [0, 0.1) is 6.92 Å². The molecule has 0 aliphatic carbocycles. The van der Waals surface area contributed by atoms with Crippen molar-refractivity contribution in [3.63, 3.8) is 0 Å². The lowest BCUT2D eigenvalue weighted by Crippen LogP contribution is -2.38. The van der Waals surface area contributed by atoms with Crippen LogP contribution in [0.15, 0.2) is 24.3 Å². The number of aromatic nitrogens is 3. The van der Waals surface area contributed by atoms with Crippen LogP contribution in [0.2, 0.25) is 0 Å². The maximum atomic E-state index is 12.2. The number of nitrogens with zero attached hydrogens (tertiary/aromatic N) is 5. The highest BCUT2D eigenvalue weighted by Crippen LogP contribution is 2.14. The van der Waals surface area contributed by atoms with Gasteiger partial charge in [0.25, 0.3) is 0 Å². The molecule has 1 aromatic carbocycles. The van der Waals surface area contributed by atoms with Crippen LogP contribution >= 0.6 is 0 Å². The van der Waals surface area contributed by atoms with Gasteiger partial charge in [0, 0.05) is 32.9 Å². The number of aryl methyl sites for hydroxylation is 1. The molecule has 1 aromatic heterocycles. The Bertz CT molecular complexity index is 791. The molecule has 144 valence electrons. The largest absolute Gasteiger partial charge is 0.378 e. The van der Waals surface area contributed by atoms with E-state index in [0.717, 1.165) is 24.3 Å². The first kappa shape index (κ1) is 18.8.